The topological polar surface area (TPSA) is 93.7 Å². The molecule has 9 nitrogen and oxygen atoms in total. The monoisotopic (exact) mass is 417 g/mol. The highest BCUT2D eigenvalue weighted by Gasteiger charge is 2.21. The van der Waals surface area contributed by atoms with E-state index in [9.17, 15) is 9.59 Å². The SMILES string of the molecule is Cc1ccn(CCN2CCOCC2)c(=O)c1C(=O)N(C)CCc1noc(C(C)C)n1. The maximum atomic E-state index is 13.0. The second-order valence-corrected chi connectivity index (χ2v) is 8.01. The van der Waals surface area contributed by atoms with Crippen molar-refractivity contribution in [3.8, 4) is 0 Å². The van der Waals surface area contributed by atoms with Crippen LogP contribution in [-0.4, -0.2) is 76.9 Å². The van der Waals surface area contributed by atoms with Gasteiger partial charge < -0.3 is 18.7 Å². The Kier molecular flexibility index (Phi) is 7.38. The first kappa shape index (κ1) is 22.2. The van der Waals surface area contributed by atoms with E-state index >= 15 is 0 Å². The average Bonchev–Trinajstić information content (AvgIpc) is 3.21. The van der Waals surface area contributed by atoms with Crippen molar-refractivity contribution >= 4 is 5.91 Å². The summed E-state index contributed by atoms with van der Waals surface area (Å²) < 4.78 is 12.2. The van der Waals surface area contributed by atoms with Crippen LogP contribution in [0.5, 0.6) is 0 Å². The predicted molar refractivity (Wildman–Crippen MR) is 112 cm³/mol. The Hall–Kier alpha value is -2.52. The van der Waals surface area contributed by atoms with Crippen LogP contribution in [0, 0.1) is 6.92 Å². The van der Waals surface area contributed by atoms with E-state index in [1.807, 2.05) is 19.9 Å². The average molecular weight is 418 g/mol. The van der Waals surface area contributed by atoms with Crippen molar-refractivity contribution in [3.63, 3.8) is 0 Å². The normalized spacial score (nSPS) is 15.0. The molecule has 0 unspecified atom stereocenters. The predicted octanol–water partition coefficient (Wildman–Crippen LogP) is 1.31. The third kappa shape index (κ3) is 5.34. The van der Waals surface area contributed by atoms with Gasteiger partial charge >= 0.3 is 0 Å². The fourth-order valence-corrected chi connectivity index (χ4v) is 3.34. The molecule has 3 heterocycles. The van der Waals surface area contributed by atoms with Crippen LogP contribution in [0.15, 0.2) is 21.6 Å². The summed E-state index contributed by atoms with van der Waals surface area (Å²) >= 11 is 0. The van der Waals surface area contributed by atoms with Gasteiger partial charge in [-0.2, -0.15) is 4.98 Å². The van der Waals surface area contributed by atoms with Gasteiger partial charge in [0.2, 0.25) is 5.89 Å². The molecule has 0 atom stereocenters. The lowest BCUT2D eigenvalue weighted by molar-refractivity contribution is 0.0362. The summed E-state index contributed by atoms with van der Waals surface area (Å²) in [6, 6.07) is 1.83. The van der Waals surface area contributed by atoms with Crippen molar-refractivity contribution in [2.45, 2.75) is 39.7 Å². The molecule has 1 fully saturated rings. The van der Waals surface area contributed by atoms with Crippen LogP contribution >= 0.6 is 0 Å². The van der Waals surface area contributed by atoms with Crippen LogP contribution in [0.4, 0.5) is 0 Å². The number of ether oxygens (including phenoxy) is 1. The molecule has 1 amide bonds. The first-order valence-corrected chi connectivity index (χ1v) is 10.4. The molecule has 2 aromatic rings. The van der Waals surface area contributed by atoms with Crippen molar-refractivity contribution in [2.75, 3.05) is 46.4 Å². The molecule has 164 valence electrons. The molecule has 0 bridgehead atoms. The van der Waals surface area contributed by atoms with Gasteiger partial charge in [0.15, 0.2) is 5.82 Å². The zero-order chi connectivity index (χ0) is 21.7. The van der Waals surface area contributed by atoms with Gasteiger partial charge in [0.1, 0.15) is 5.56 Å². The number of carbonyl (C=O) groups excluding carboxylic acids is 1. The van der Waals surface area contributed by atoms with Crippen LogP contribution in [0.1, 0.15) is 47.4 Å². The van der Waals surface area contributed by atoms with Crippen molar-refractivity contribution in [2.24, 2.45) is 0 Å². The Balaban J connectivity index is 1.65. The maximum absolute atomic E-state index is 13.0. The number of carbonyl (C=O) groups is 1. The first-order valence-electron chi connectivity index (χ1n) is 10.4. The van der Waals surface area contributed by atoms with Crippen LogP contribution in [0.2, 0.25) is 0 Å². The standard InChI is InChI=1S/C21H31N5O4/c1-15(2)19-22-17(23-30-19)6-7-24(4)20(27)18-16(3)5-8-26(21(18)28)10-9-25-11-13-29-14-12-25/h5,8,15H,6-7,9-14H2,1-4H3. The number of nitrogens with zero attached hydrogens (tertiary/aromatic N) is 5. The van der Waals surface area contributed by atoms with E-state index < -0.39 is 0 Å². The maximum Gasteiger partial charge on any atom is 0.263 e. The summed E-state index contributed by atoms with van der Waals surface area (Å²) in [6.45, 7) is 10.6. The highest BCUT2D eigenvalue weighted by Crippen LogP contribution is 2.12. The summed E-state index contributed by atoms with van der Waals surface area (Å²) in [5.74, 6) is 1.02. The Bertz CT molecular complexity index is 914. The van der Waals surface area contributed by atoms with Gasteiger partial charge in [0.05, 0.1) is 13.2 Å². The highest BCUT2D eigenvalue weighted by molar-refractivity contribution is 5.95. The summed E-state index contributed by atoms with van der Waals surface area (Å²) in [5, 5.41) is 3.96. The lowest BCUT2D eigenvalue weighted by Crippen LogP contribution is -2.40. The van der Waals surface area contributed by atoms with Crippen molar-refractivity contribution in [1.29, 1.82) is 0 Å². The van der Waals surface area contributed by atoms with Crippen LogP contribution in [0.25, 0.3) is 0 Å². The number of amides is 1. The molecule has 1 aliphatic heterocycles. The van der Waals surface area contributed by atoms with Gasteiger partial charge in [-0.15, -0.1) is 0 Å². The fourth-order valence-electron chi connectivity index (χ4n) is 3.34. The summed E-state index contributed by atoms with van der Waals surface area (Å²) in [4.78, 5) is 34.1. The Morgan fingerprint density at radius 2 is 2.00 bits per heavy atom. The molecule has 2 aromatic heterocycles. The molecule has 0 saturated carbocycles. The minimum Gasteiger partial charge on any atom is -0.379 e. The van der Waals surface area contributed by atoms with E-state index in [-0.39, 0.29) is 22.9 Å². The van der Waals surface area contributed by atoms with Gasteiger partial charge in [-0.05, 0) is 18.6 Å². The molecule has 1 aliphatic rings. The molecule has 3 rings (SSSR count). The quantitative estimate of drug-likeness (QED) is 0.639. The van der Waals surface area contributed by atoms with Crippen molar-refractivity contribution in [1.82, 2.24) is 24.5 Å². The molecule has 9 heteroatoms. The van der Waals surface area contributed by atoms with Gasteiger partial charge in [-0.25, -0.2) is 0 Å². The van der Waals surface area contributed by atoms with Crippen molar-refractivity contribution in [3.05, 3.63) is 45.5 Å². The van der Waals surface area contributed by atoms with Gasteiger partial charge in [0, 0.05) is 58.3 Å². The zero-order valence-corrected chi connectivity index (χ0v) is 18.3. The van der Waals surface area contributed by atoms with E-state index in [2.05, 4.69) is 15.0 Å². The lowest BCUT2D eigenvalue weighted by atomic mass is 10.1. The Labute approximate surface area is 176 Å². The number of hydrogen-bond donors (Lipinski definition) is 0. The number of pyridine rings is 1. The third-order valence-corrected chi connectivity index (χ3v) is 5.34. The summed E-state index contributed by atoms with van der Waals surface area (Å²) in [5.41, 5.74) is 0.654. The van der Waals surface area contributed by atoms with Crippen molar-refractivity contribution < 1.29 is 14.1 Å². The van der Waals surface area contributed by atoms with Gasteiger partial charge in [-0.3, -0.25) is 14.5 Å². The summed E-state index contributed by atoms with van der Waals surface area (Å²) in [7, 11) is 1.69. The number of hydrogen-bond acceptors (Lipinski definition) is 7. The molecule has 0 radical (unpaired) electrons. The molecule has 0 aliphatic carbocycles. The molecule has 1 saturated heterocycles. The molecule has 0 aromatic carbocycles. The number of morpholine rings is 1. The van der Waals surface area contributed by atoms with Crippen LogP contribution in [-0.2, 0) is 17.7 Å². The second kappa shape index (κ2) is 9.99. The molecule has 30 heavy (non-hydrogen) atoms. The third-order valence-electron chi connectivity index (χ3n) is 5.34. The lowest BCUT2D eigenvalue weighted by Gasteiger charge is -2.26. The Morgan fingerprint density at radius 3 is 2.67 bits per heavy atom. The first-order chi connectivity index (χ1) is 14.4. The van der Waals surface area contributed by atoms with Crippen LogP contribution < -0.4 is 5.56 Å². The van der Waals surface area contributed by atoms with E-state index in [1.54, 1.807) is 29.6 Å². The zero-order valence-electron chi connectivity index (χ0n) is 18.3. The van der Waals surface area contributed by atoms with E-state index in [4.69, 9.17) is 9.26 Å². The van der Waals surface area contributed by atoms with Gasteiger partial charge in [-0.1, -0.05) is 19.0 Å². The Morgan fingerprint density at radius 1 is 1.27 bits per heavy atom. The fraction of sp³-hybridized carbons (Fsp3) is 0.619. The number of aromatic nitrogens is 3. The minimum atomic E-state index is -0.286. The minimum absolute atomic E-state index is 0.161. The van der Waals surface area contributed by atoms with E-state index in [1.165, 1.54) is 0 Å². The number of aryl methyl sites for hydroxylation is 1. The molecule has 0 N–H and O–H groups in total. The number of rotatable bonds is 8. The smallest absolute Gasteiger partial charge is 0.263 e. The van der Waals surface area contributed by atoms with Gasteiger partial charge in [0.25, 0.3) is 11.5 Å². The number of likely N-dealkylation sites (N-methyl/N-ethyl adjacent to an activating group) is 1. The van der Waals surface area contributed by atoms with E-state index in [0.717, 1.165) is 32.8 Å². The van der Waals surface area contributed by atoms with Crippen LogP contribution in [0.3, 0.4) is 0 Å². The molecular formula is C21H31N5O4. The summed E-state index contributed by atoms with van der Waals surface area (Å²) in [6.07, 6.45) is 2.23. The molecular weight excluding hydrogens is 386 g/mol. The molecule has 0 spiro atoms. The second-order valence-electron chi connectivity index (χ2n) is 8.01. The highest BCUT2D eigenvalue weighted by atomic mass is 16.5. The largest absolute Gasteiger partial charge is 0.379 e. The van der Waals surface area contributed by atoms with E-state index in [0.29, 0.717) is 36.8 Å².